The lowest BCUT2D eigenvalue weighted by Crippen LogP contribution is -2.37. The number of ketones is 1. The van der Waals surface area contributed by atoms with E-state index in [1.54, 1.807) is 43.3 Å². The second-order valence-electron chi connectivity index (χ2n) is 8.63. The van der Waals surface area contributed by atoms with Crippen LogP contribution in [0.4, 0.5) is 22.2 Å². The highest BCUT2D eigenvalue weighted by atomic mass is 16.4. The van der Waals surface area contributed by atoms with Crippen LogP contribution in [-0.2, 0) is 9.59 Å². The third kappa shape index (κ3) is 3.16. The van der Waals surface area contributed by atoms with Crippen LogP contribution in [0, 0.1) is 29.6 Å². The number of anilines is 3. The zero-order chi connectivity index (χ0) is 25.1. The zero-order valence-electron chi connectivity index (χ0n) is 18.6. The number of rotatable bonds is 5. The number of hydrogen-bond donors (Lipinski definition) is 3. The Morgan fingerprint density at radius 2 is 1.97 bits per heavy atom. The van der Waals surface area contributed by atoms with Crippen molar-refractivity contribution >= 4 is 57.2 Å². The molecule has 13 nitrogen and oxygen atoms in total. The largest absolute Gasteiger partial charge is 0.463 e. The Hall–Kier alpha value is -4.94. The van der Waals surface area contributed by atoms with Gasteiger partial charge in [0.15, 0.2) is 11.4 Å². The summed E-state index contributed by atoms with van der Waals surface area (Å²) in [5, 5.41) is 22.9. The first-order valence-corrected chi connectivity index (χ1v) is 11.0. The van der Waals surface area contributed by atoms with Crippen molar-refractivity contribution in [3.63, 3.8) is 0 Å². The molecule has 0 saturated heterocycles. The maximum absolute atomic E-state index is 12.6. The number of carbonyl (C=O) groups excluding carboxylic acids is 2. The van der Waals surface area contributed by atoms with E-state index in [0.29, 0.717) is 33.4 Å². The van der Waals surface area contributed by atoms with Gasteiger partial charge in [0.2, 0.25) is 5.95 Å². The van der Waals surface area contributed by atoms with Crippen molar-refractivity contribution < 1.29 is 23.9 Å². The molecule has 2 bridgehead atoms. The summed E-state index contributed by atoms with van der Waals surface area (Å²) in [7, 11) is 0. The monoisotopic (exact) mass is 487 g/mol. The Labute approximate surface area is 201 Å². The van der Waals surface area contributed by atoms with Gasteiger partial charge in [-0.1, -0.05) is 12.2 Å². The number of carbonyl (C=O) groups is 3. The Morgan fingerprint density at radius 1 is 1.17 bits per heavy atom. The molecule has 0 spiro atoms. The molecule has 2 aliphatic carbocycles. The van der Waals surface area contributed by atoms with Gasteiger partial charge in [-0.15, -0.1) is 4.91 Å². The van der Waals surface area contributed by atoms with Crippen molar-refractivity contribution in [3.05, 3.63) is 53.3 Å². The molecule has 3 N–H and O–H groups in total. The minimum absolute atomic E-state index is 0.156. The number of benzene rings is 1. The maximum Gasteiger partial charge on any atom is 0.432 e. The van der Waals surface area contributed by atoms with Gasteiger partial charge in [-0.2, -0.15) is 14.8 Å². The van der Waals surface area contributed by atoms with Gasteiger partial charge in [-0.3, -0.25) is 9.59 Å². The molecule has 180 valence electrons. The van der Waals surface area contributed by atoms with E-state index < -0.39 is 35.8 Å². The van der Waals surface area contributed by atoms with Crippen LogP contribution in [0.5, 0.6) is 0 Å². The molecule has 1 amide bonds. The Kier molecular flexibility index (Phi) is 4.67. The van der Waals surface area contributed by atoms with Gasteiger partial charge >= 0.3 is 6.09 Å². The molecule has 6 rings (SSSR count). The highest BCUT2D eigenvalue weighted by molar-refractivity contribution is 6.00. The van der Waals surface area contributed by atoms with E-state index in [0.717, 1.165) is 4.68 Å². The first-order valence-electron chi connectivity index (χ1n) is 11.0. The SMILES string of the molecule is Cc1nn(C(=O)O)c2cc(Nc3nc(NC4C5C=CC(C5=O)C4C(=O)N=O)c4occc4n3)ccc12. The summed E-state index contributed by atoms with van der Waals surface area (Å²) in [6, 6.07) is 6.00. The third-order valence-electron chi connectivity index (χ3n) is 6.63. The molecule has 3 heterocycles. The smallest absolute Gasteiger partial charge is 0.432 e. The number of aryl methyl sites for hydroxylation is 1. The minimum atomic E-state index is -1.21. The summed E-state index contributed by atoms with van der Waals surface area (Å²) in [6.45, 7) is 1.72. The van der Waals surface area contributed by atoms with Gasteiger partial charge in [-0.05, 0) is 25.1 Å². The fraction of sp³-hybridized carbons (Fsp3) is 0.217. The van der Waals surface area contributed by atoms with E-state index in [-0.39, 0.29) is 17.5 Å². The van der Waals surface area contributed by atoms with Crippen LogP contribution in [0.2, 0.25) is 0 Å². The van der Waals surface area contributed by atoms with Crippen molar-refractivity contribution in [2.75, 3.05) is 10.6 Å². The molecule has 4 atom stereocenters. The minimum Gasteiger partial charge on any atom is -0.463 e. The van der Waals surface area contributed by atoms with Gasteiger partial charge in [-0.25, -0.2) is 9.78 Å². The van der Waals surface area contributed by atoms with Crippen molar-refractivity contribution in [2.45, 2.75) is 13.0 Å². The van der Waals surface area contributed by atoms with Crippen LogP contribution in [0.3, 0.4) is 0 Å². The van der Waals surface area contributed by atoms with Crippen LogP contribution in [0.25, 0.3) is 22.0 Å². The van der Waals surface area contributed by atoms with Crippen molar-refractivity contribution in [2.24, 2.45) is 22.9 Å². The maximum atomic E-state index is 12.6. The number of fused-ring (bicyclic) bond motifs is 4. The summed E-state index contributed by atoms with van der Waals surface area (Å²) >= 11 is 0. The number of nitroso groups, excluding NO2 is 1. The van der Waals surface area contributed by atoms with Crippen molar-refractivity contribution in [1.29, 1.82) is 0 Å². The number of furan rings is 1. The van der Waals surface area contributed by atoms with Crippen LogP contribution in [-0.4, -0.2) is 48.7 Å². The molecular formula is C23H17N7O6. The van der Waals surface area contributed by atoms with Crippen molar-refractivity contribution in [1.82, 2.24) is 19.7 Å². The van der Waals surface area contributed by atoms with E-state index >= 15 is 0 Å². The zero-order valence-corrected chi connectivity index (χ0v) is 18.6. The lowest BCUT2D eigenvalue weighted by molar-refractivity contribution is -0.126. The molecule has 1 saturated carbocycles. The van der Waals surface area contributed by atoms with E-state index in [2.05, 4.69) is 30.9 Å². The molecule has 4 unspecified atom stereocenters. The topological polar surface area (TPSA) is 182 Å². The standard InChI is InChI=1S/C23H17N7O6/c1-9-11-3-2-10(8-15(11)30(28-9)23(33)34)24-22-25-14-6-7-36-19(14)20(27-22)26-17-13-5-4-12(18(13)31)16(17)21(32)29-35/h2-8,12-13,16-17H,1H3,(H,33,34)(H2,24,25,26,27). The summed E-state index contributed by atoms with van der Waals surface area (Å²) in [6.07, 6.45) is 3.56. The summed E-state index contributed by atoms with van der Waals surface area (Å²) in [4.78, 5) is 56.3. The quantitative estimate of drug-likeness (QED) is 0.277. The highest BCUT2D eigenvalue weighted by Gasteiger charge is 2.55. The summed E-state index contributed by atoms with van der Waals surface area (Å²) < 4.78 is 6.42. The molecule has 36 heavy (non-hydrogen) atoms. The number of amides is 1. The number of allylic oxidation sites excluding steroid dienone is 1. The van der Waals surface area contributed by atoms with Crippen molar-refractivity contribution in [3.8, 4) is 0 Å². The number of nitrogens with one attached hydrogen (secondary N) is 2. The van der Waals surface area contributed by atoms with Gasteiger partial charge < -0.3 is 20.2 Å². The first-order chi connectivity index (χ1) is 17.4. The number of Topliss-reactive ketones (excluding diaryl/α,β-unsaturated/α-hetero) is 1. The second-order valence-corrected chi connectivity index (χ2v) is 8.63. The normalized spacial score (nSPS) is 22.4. The summed E-state index contributed by atoms with van der Waals surface area (Å²) in [5.74, 6) is -2.94. The molecule has 1 fully saturated rings. The third-order valence-corrected chi connectivity index (χ3v) is 6.63. The number of nitrogens with zero attached hydrogens (tertiary/aromatic N) is 5. The Morgan fingerprint density at radius 3 is 2.75 bits per heavy atom. The lowest BCUT2D eigenvalue weighted by atomic mass is 9.88. The summed E-state index contributed by atoms with van der Waals surface area (Å²) in [5.41, 5.74) is 2.23. The fourth-order valence-corrected chi connectivity index (χ4v) is 5.04. The molecular weight excluding hydrogens is 470 g/mol. The second kappa shape index (κ2) is 7.80. The molecule has 0 aliphatic heterocycles. The molecule has 0 radical (unpaired) electrons. The van der Waals surface area contributed by atoms with E-state index in [1.807, 2.05) is 0 Å². The van der Waals surface area contributed by atoms with E-state index in [9.17, 15) is 24.4 Å². The average Bonchev–Trinajstić information content (AvgIpc) is 3.61. The Bertz CT molecular complexity index is 1640. The molecule has 1 aromatic carbocycles. The predicted molar refractivity (Wildman–Crippen MR) is 126 cm³/mol. The van der Waals surface area contributed by atoms with Crippen LogP contribution < -0.4 is 10.6 Å². The molecule has 3 aromatic heterocycles. The van der Waals surface area contributed by atoms with E-state index in [1.165, 1.54) is 6.26 Å². The average molecular weight is 487 g/mol. The Balaban J connectivity index is 1.37. The van der Waals surface area contributed by atoms with Crippen LogP contribution >= 0.6 is 0 Å². The van der Waals surface area contributed by atoms with Crippen LogP contribution in [0.15, 0.2) is 52.3 Å². The number of aromatic nitrogens is 4. The lowest BCUT2D eigenvalue weighted by Gasteiger charge is -2.25. The number of carboxylic acid groups (broad SMARTS) is 1. The van der Waals surface area contributed by atoms with Gasteiger partial charge in [0.1, 0.15) is 11.3 Å². The molecule has 13 heteroatoms. The van der Waals surface area contributed by atoms with E-state index in [4.69, 9.17) is 4.42 Å². The first kappa shape index (κ1) is 21.6. The molecule has 4 aromatic rings. The molecule has 2 aliphatic rings. The fourth-order valence-electron chi connectivity index (χ4n) is 5.04. The highest BCUT2D eigenvalue weighted by Crippen LogP contribution is 2.43. The van der Waals surface area contributed by atoms with Crippen LogP contribution in [0.1, 0.15) is 5.69 Å². The van der Waals surface area contributed by atoms with Gasteiger partial charge in [0, 0.05) is 22.3 Å². The van der Waals surface area contributed by atoms with Gasteiger partial charge in [0.25, 0.3) is 5.91 Å². The predicted octanol–water partition coefficient (Wildman–Crippen LogP) is 3.23. The number of hydrogen-bond acceptors (Lipinski definition) is 10. The van der Waals surface area contributed by atoms with Gasteiger partial charge in [0.05, 0.1) is 41.3 Å².